The molecule has 0 aliphatic heterocycles. The first-order chi connectivity index (χ1) is 7.22. The molecular weight excluding hydrogens is 192 g/mol. The zero-order chi connectivity index (χ0) is 11.3. The summed E-state index contributed by atoms with van der Waals surface area (Å²) in [7, 11) is 3.06. The van der Waals surface area contributed by atoms with E-state index >= 15 is 0 Å². The number of esters is 1. The molecule has 0 radical (unpaired) electrons. The Morgan fingerprint density at radius 1 is 1.27 bits per heavy atom. The molecule has 3 heteroatoms. The smallest absolute Gasteiger partial charge is 0.337 e. The number of methoxy groups -OCH3 is 2. The van der Waals surface area contributed by atoms with Crippen LogP contribution in [-0.2, 0) is 9.47 Å². The normalized spacial score (nSPS) is 12.2. The summed E-state index contributed by atoms with van der Waals surface area (Å²) in [5.41, 5.74) is 1.64. The summed E-state index contributed by atoms with van der Waals surface area (Å²) in [5, 5.41) is 0. The van der Waals surface area contributed by atoms with Crippen molar-refractivity contribution in [3.63, 3.8) is 0 Å². The highest BCUT2D eigenvalue weighted by Gasteiger charge is 2.09. The molecule has 3 nitrogen and oxygen atoms in total. The molecule has 0 aliphatic rings. The lowest BCUT2D eigenvalue weighted by Crippen LogP contribution is -2.03. The van der Waals surface area contributed by atoms with Gasteiger partial charge in [-0.1, -0.05) is 19.1 Å². The largest absolute Gasteiger partial charge is 0.465 e. The lowest BCUT2D eigenvalue weighted by atomic mass is 10.1. The van der Waals surface area contributed by atoms with Gasteiger partial charge in [0.25, 0.3) is 0 Å². The maximum atomic E-state index is 11.2. The monoisotopic (exact) mass is 208 g/mol. The van der Waals surface area contributed by atoms with Crippen molar-refractivity contribution in [1.82, 2.24) is 0 Å². The van der Waals surface area contributed by atoms with Crippen LogP contribution < -0.4 is 0 Å². The highest BCUT2D eigenvalue weighted by atomic mass is 16.5. The Morgan fingerprint density at radius 2 is 1.87 bits per heavy atom. The summed E-state index contributed by atoms with van der Waals surface area (Å²) < 4.78 is 9.92. The lowest BCUT2D eigenvalue weighted by molar-refractivity contribution is 0.0600. The summed E-state index contributed by atoms with van der Waals surface area (Å²) in [6, 6.07) is 7.29. The Hall–Kier alpha value is -1.35. The van der Waals surface area contributed by atoms with Crippen LogP contribution in [0.25, 0.3) is 0 Å². The van der Waals surface area contributed by atoms with Crippen molar-refractivity contribution in [2.45, 2.75) is 19.4 Å². The highest BCUT2D eigenvalue weighted by Crippen LogP contribution is 2.20. The third-order valence-corrected chi connectivity index (χ3v) is 2.36. The number of carbonyl (C=O) groups excluding carboxylic acids is 1. The fraction of sp³-hybridized carbons (Fsp3) is 0.417. The maximum Gasteiger partial charge on any atom is 0.337 e. The molecule has 0 spiro atoms. The minimum Gasteiger partial charge on any atom is -0.465 e. The first-order valence-corrected chi connectivity index (χ1v) is 4.94. The van der Waals surface area contributed by atoms with E-state index in [4.69, 9.17) is 4.74 Å². The zero-order valence-electron chi connectivity index (χ0n) is 9.32. The molecule has 0 bridgehead atoms. The minimum absolute atomic E-state index is 0.0942. The summed E-state index contributed by atoms with van der Waals surface area (Å²) in [6.45, 7) is 2.06. The Labute approximate surface area is 90.0 Å². The average Bonchev–Trinajstić information content (AvgIpc) is 2.30. The Morgan fingerprint density at radius 3 is 2.27 bits per heavy atom. The number of ether oxygens (including phenoxy) is 2. The van der Waals surface area contributed by atoms with Crippen molar-refractivity contribution >= 4 is 5.97 Å². The lowest BCUT2D eigenvalue weighted by Gasteiger charge is -2.13. The standard InChI is InChI=1S/C12H16O3/c1-4-11(14-2)9-5-7-10(8-6-9)12(13)15-3/h5-8,11H,4H2,1-3H3. The first-order valence-electron chi connectivity index (χ1n) is 4.94. The summed E-state index contributed by atoms with van der Waals surface area (Å²) in [5.74, 6) is -0.313. The molecule has 0 N–H and O–H groups in total. The van der Waals surface area contributed by atoms with Gasteiger partial charge in [-0.05, 0) is 24.1 Å². The fourth-order valence-corrected chi connectivity index (χ4v) is 1.49. The first kappa shape index (κ1) is 11.7. The number of benzene rings is 1. The molecule has 0 heterocycles. The van der Waals surface area contributed by atoms with E-state index in [1.54, 1.807) is 19.2 Å². The van der Waals surface area contributed by atoms with E-state index in [-0.39, 0.29) is 12.1 Å². The summed E-state index contributed by atoms with van der Waals surface area (Å²) in [4.78, 5) is 11.2. The molecule has 0 fully saturated rings. The van der Waals surface area contributed by atoms with E-state index in [1.165, 1.54) is 7.11 Å². The molecule has 0 aromatic heterocycles. The molecule has 0 aliphatic carbocycles. The van der Waals surface area contributed by atoms with Crippen molar-refractivity contribution in [1.29, 1.82) is 0 Å². The summed E-state index contributed by atoms with van der Waals surface area (Å²) in [6.07, 6.45) is 1.00. The fourth-order valence-electron chi connectivity index (χ4n) is 1.49. The van der Waals surface area contributed by atoms with Crippen LogP contribution in [0.2, 0.25) is 0 Å². The molecule has 1 rings (SSSR count). The van der Waals surface area contributed by atoms with Crippen molar-refractivity contribution in [3.8, 4) is 0 Å². The minimum atomic E-state index is -0.313. The van der Waals surface area contributed by atoms with Gasteiger partial charge in [-0.25, -0.2) is 4.79 Å². The quantitative estimate of drug-likeness (QED) is 0.713. The van der Waals surface area contributed by atoms with Gasteiger partial charge < -0.3 is 9.47 Å². The molecule has 15 heavy (non-hydrogen) atoms. The van der Waals surface area contributed by atoms with Crippen LogP contribution in [0.15, 0.2) is 24.3 Å². The van der Waals surface area contributed by atoms with Gasteiger partial charge in [0.15, 0.2) is 0 Å². The molecule has 82 valence electrons. The van der Waals surface area contributed by atoms with Crippen LogP contribution in [0.4, 0.5) is 0 Å². The predicted octanol–water partition coefficient (Wildman–Crippen LogP) is 2.57. The van der Waals surface area contributed by atoms with E-state index in [9.17, 15) is 4.79 Å². The van der Waals surface area contributed by atoms with Crippen molar-refractivity contribution in [2.75, 3.05) is 14.2 Å². The van der Waals surface area contributed by atoms with Crippen molar-refractivity contribution in [3.05, 3.63) is 35.4 Å². The van der Waals surface area contributed by atoms with E-state index in [2.05, 4.69) is 11.7 Å². The van der Waals surface area contributed by atoms with Crippen molar-refractivity contribution in [2.24, 2.45) is 0 Å². The molecule has 0 saturated heterocycles. The van der Waals surface area contributed by atoms with Crippen LogP contribution >= 0.6 is 0 Å². The Bertz CT molecular complexity index is 312. The van der Waals surface area contributed by atoms with Crippen LogP contribution in [-0.4, -0.2) is 20.2 Å². The van der Waals surface area contributed by atoms with Gasteiger partial charge >= 0.3 is 5.97 Å². The van der Waals surface area contributed by atoms with E-state index in [0.29, 0.717) is 5.56 Å². The predicted molar refractivity (Wildman–Crippen MR) is 57.8 cm³/mol. The van der Waals surface area contributed by atoms with E-state index in [1.807, 2.05) is 12.1 Å². The molecule has 1 aromatic rings. The highest BCUT2D eigenvalue weighted by molar-refractivity contribution is 5.89. The number of hydrogen-bond donors (Lipinski definition) is 0. The van der Waals surface area contributed by atoms with Gasteiger partial charge in [-0.2, -0.15) is 0 Å². The molecular formula is C12H16O3. The van der Waals surface area contributed by atoms with Gasteiger partial charge in [0.05, 0.1) is 18.8 Å². The third-order valence-electron chi connectivity index (χ3n) is 2.36. The second-order valence-corrected chi connectivity index (χ2v) is 3.25. The maximum absolute atomic E-state index is 11.2. The van der Waals surface area contributed by atoms with E-state index in [0.717, 1.165) is 12.0 Å². The molecule has 1 atom stereocenters. The number of carbonyl (C=O) groups is 1. The molecule has 1 unspecified atom stereocenters. The van der Waals surface area contributed by atoms with Gasteiger partial charge in [-0.15, -0.1) is 0 Å². The number of rotatable bonds is 4. The van der Waals surface area contributed by atoms with Crippen LogP contribution in [0.1, 0.15) is 35.4 Å². The molecule has 1 aromatic carbocycles. The average molecular weight is 208 g/mol. The Kier molecular flexibility index (Phi) is 4.31. The summed E-state index contributed by atoms with van der Waals surface area (Å²) >= 11 is 0. The third kappa shape index (κ3) is 2.80. The topological polar surface area (TPSA) is 35.5 Å². The van der Waals surface area contributed by atoms with Crippen LogP contribution in [0.3, 0.4) is 0 Å². The van der Waals surface area contributed by atoms with Crippen LogP contribution in [0.5, 0.6) is 0 Å². The number of hydrogen-bond acceptors (Lipinski definition) is 3. The molecule has 0 saturated carbocycles. The Balaban J connectivity index is 2.84. The second kappa shape index (κ2) is 5.51. The van der Waals surface area contributed by atoms with Gasteiger partial charge in [-0.3, -0.25) is 0 Å². The van der Waals surface area contributed by atoms with Gasteiger partial charge in [0.1, 0.15) is 0 Å². The SMILES string of the molecule is CCC(OC)c1ccc(C(=O)OC)cc1. The van der Waals surface area contributed by atoms with Crippen molar-refractivity contribution < 1.29 is 14.3 Å². The van der Waals surface area contributed by atoms with Gasteiger partial charge in [0.2, 0.25) is 0 Å². The second-order valence-electron chi connectivity index (χ2n) is 3.25. The van der Waals surface area contributed by atoms with Crippen LogP contribution in [0, 0.1) is 0 Å². The van der Waals surface area contributed by atoms with Gasteiger partial charge in [0, 0.05) is 7.11 Å². The zero-order valence-corrected chi connectivity index (χ0v) is 9.32. The van der Waals surface area contributed by atoms with E-state index < -0.39 is 0 Å². The molecule has 0 amide bonds.